The average molecular weight is 287 g/mol. The smallest absolute Gasteiger partial charge is 0.329 e. The Morgan fingerprint density at radius 1 is 1.33 bits per heavy atom. The highest BCUT2D eigenvalue weighted by Gasteiger charge is 2.43. The summed E-state index contributed by atoms with van der Waals surface area (Å²) in [6.07, 6.45) is 7.62. The van der Waals surface area contributed by atoms with Crippen molar-refractivity contribution in [2.24, 2.45) is 5.41 Å². The molecule has 0 bridgehead atoms. The molecule has 1 aliphatic carbocycles. The summed E-state index contributed by atoms with van der Waals surface area (Å²) >= 11 is 0. The number of carbonyl (C=O) groups is 2. The summed E-state index contributed by atoms with van der Waals surface area (Å²) in [5, 5.41) is 12.1. The first-order chi connectivity index (χ1) is 10.1. The molecule has 3 rings (SSSR count). The molecule has 6 heteroatoms. The lowest BCUT2D eigenvalue weighted by molar-refractivity contribution is -0.125. The molecule has 0 radical (unpaired) electrons. The summed E-state index contributed by atoms with van der Waals surface area (Å²) in [7, 11) is 0. The monoisotopic (exact) mass is 287 g/mol. The van der Waals surface area contributed by atoms with E-state index in [-0.39, 0.29) is 30.2 Å². The second kappa shape index (κ2) is 5.29. The lowest BCUT2D eigenvalue weighted by Crippen LogP contribution is -2.47. The minimum Gasteiger partial charge on any atom is -0.396 e. The van der Waals surface area contributed by atoms with Gasteiger partial charge in [-0.05, 0) is 36.6 Å². The first-order valence-corrected chi connectivity index (χ1v) is 6.99. The number of rotatable bonds is 4. The number of aromatic nitrogens is 1. The number of amides is 3. The van der Waals surface area contributed by atoms with Gasteiger partial charge in [-0.2, -0.15) is 0 Å². The minimum atomic E-state index is -0.417. The van der Waals surface area contributed by atoms with Gasteiger partial charge in [0.1, 0.15) is 5.70 Å². The van der Waals surface area contributed by atoms with E-state index in [1.165, 1.54) is 4.90 Å². The summed E-state index contributed by atoms with van der Waals surface area (Å²) in [4.78, 5) is 29.4. The molecule has 0 unspecified atom stereocenters. The van der Waals surface area contributed by atoms with E-state index in [0.29, 0.717) is 0 Å². The van der Waals surface area contributed by atoms with Crippen LogP contribution in [-0.4, -0.2) is 40.1 Å². The maximum absolute atomic E-state index is 12.3. The van der Waals surface area contributed by atoms with Gasteiger partial charge in [-0.25, -0.2) is 4.79 Å². The molecule has 0 spiro atoms. The molecule has 2 aliphatic rings. The van der Waals surface area contributed by atoms with Gasteiger partial charge in [0.2, 0.25) is 0 Å². The van der Waals surface area contributed by atoms with Crippen LogP contribution in [0, 0.1) is 5.41 Å². The van der Waals surface area contributed by atoms with Gasteiger partial charge in [0, 0.05) is 24.4 Å². The predicted molar refractivity (Wildman–Crippen MR) is 75.8 cm³/mol. The lowest BCUT2D eigenvalue weighted by Gasteiger charge is -2.41. The van der Waals surface area contributed by atoms with E-state index < -0.39 is 6.03 Å². The summed E-state index contributed by atoms with van der Waals surface area (Å²) < 4.78 is 0. The zero-order chi connectivity index (χ0) is 14.9. The van der Waals surface area contributed by atoms with Crippen molar-refractivity contribution in [1.29, 1.82) is 0 Å². The fourth-order valence-corrected chi connectivity index (χ4v) is 2.72. The quantitative estimate of drug-likeness (QED) is 0.642. The molecule has 21 heavy (non-hydrogen) atoms. The SMILES string of the molecule is O=C1N/C(=C\c2ccncc2)C(=O)N1CC1(CO)CCC1. The number of pyridine rings is 1. The Morgan fingerprint density at radius 2 is 2.05 bits per heavy atom. The topological polar surface area (TPSA) is 82.5 Å². The average Bonchev–Trinajstić information content (AvgIpc) is 2.71. The molecule has 0 aromatic carbocycles. The Kier molecular flexibility index (Phi) is 3.47. The molecular weight excluding hydrogens is 270 g/mol. The fourth-order valence-electron chi connectivity index (χ4n) is 2.72. The molecule has 6 nitrogen and oxygen atoms in total. The van der Waals surface area contributed by atoms with Gasteiger partial charge in [0.25, 0.3) is 5.91 Å². The fraction of sp³-hybridized carbons (Fsp3) is 0.400. The Bertz CT molecular complexity index is 588. The number of carbonyl (C=O) groups excluding carboxylic acids is 2. The van der Waals surface area contributed by atoms with Crippen LogP contribution in [0.15, 0.2) is 30.2 Å². The van der Waals surface area contributed by atoms with Crippen LogP contribution < -0.4 is 5.32 Å². The van der Waals surface area contributed by atoms with E-state index in [9.17, 15) is 14.7 Å². The van der Waals surface area contributed by atoms with Crippen LogP contribution in [0.2, 0.25) is 0 Å². The van der Waals surface area contributed by atoms with Gasteiger partial charge in [-0.15, -0.1) is 0 Å². The normalized spacial score (nSPS) is 22.3. The van der Waals surface area contributed by atoms with Crippen molar-refractivity contribution in [1.82, 2.24) is 15.2 Å². The van der Waals surface area contributed by atoms with E-state index in [0.717, 1.165) is 24.8 Å². The van der Waals surface area contributed by atoms with Crippen LogP contribution in [0.3, 0.4) is 0 Å². The number of imide groups is 1. The predicted octanol–water partition coefficient (Wildman–Crippen LogP) is 1.14. The van der Waals surface area contributed by atoms with Crippen LogP contribution in [0.25, 0.3) is 6.08 Å². The van der Waals surface area contributed by atoms with E-state index in [2.05, 4.69) is 10.3 Å². The molecule has 1 saturated carbocycles. The summed E-state index contributed by atoms with van der Waals surface area (Å²) in [6, 6.07) is 3.10. The number of urea groups is 1. The van der Waals surface area contributed by atoms with Crippen LogP contribution in [0.5, 0.6) is 0 Å². The molecule has 2 N–H and O–H groups in total. The highest BCUT2D eigenvalue weighted by molar-refractivity contribution is 6.14. The van der Waals surface area contributed by atoms with Crippen molar-refractivity contribution < 1.29 is 14.7 Å². The minimum absolute atomic E-state index is 0.00740. The van der Waals surface area contributed by atoms with Gasteiger partial charge in [-0.3, -0.25) is 14.7 Å². The molecular formula is C15H17N3O3. The molecule has 2 heterocycles. The van der Waals surface area contributed by atoms with E-state index in [1.54, 1.807) is 30.6 Å². The van der Waals surface area contributed by atoms with Gasteiger partial charge in [0.15, 0.2) is 0 Å². The van der Waals surface area contributed by atoms with Crippen molar-refractivity contribution in [2.75, 3.05) is 13.2 Å². The zero-order valence-corrected chi connectivity index (χ0v) is 11.6. The number of hydrogen-bond donors (Lipinski definition) is 2. The number of aliphatic hydroxyl groups is 1. The van der Waals surface area contributed by atoms with E-state index in [1.807, 2.05) is 0 Å². The van der Waals surface area contributed by atoms with Crippen LogP contribution in [0.1, 0.15) is 24.8 Å². The third-order valence-corrected chi connectivity index (χ3v) is 4.22. The summed E-state index contributed by atoms with van der Waals surface area (Å²) in [5.41, 5.74) is 0.758. The maximum Gasteiger partial charge on any atom is 0.329 e. The van der Waals surface area contributed by atoms with Crippen LogP contribution >= 0.6 is 0 Å². The maximum atomic E-state index is 12.3. The molecule has 2 fully saturated rings. The summed E-state index contributed by atoms with van der Waals surface area (Å²) in [5.74, 6) is -0.337. The highest BCUT2D eigenvalue weighted by Crippen LogP contribution is 2.41. The molecule has 1 aromatic heterocycles. The molecule has 1 aromatic rings. The van der Waals surface area contributed by atoms with Crippen LogP contribution in [0.4, 0.5) is 4.79 Å². The highest BCUT2D eigenvalue weighted by atomic mass is 16.3. The largest absolute Gasteiger partial charge is 0.396 e. The second-order valence-corrected chi connectivity index (χ2v) is 5.67. The second-order valence-electron chi connectivity index (χ2n) is 5.67. The van der Waals surface area contributed by atoms with Crippen molar-refractivity contribution in [3.05, 3.63) is 35.8 Å². The Labute approximate surface area is 122 Å². The summed E-state index contributed by atoms with van der Waals surface area (Å²) in [6.45, 7) is 0.287. The Balaban J connectivity index is 1.78. The third-order valence-electron chi connectivity index (χ3n) is 4.22. The molecule has 1 aliphatic heterocycles. The van der Waals surface area contributed by atoms with Gasteiger partial charge in [0.05, 0.1) is 6.61 Å². The van der Waals surface area contributed by atoms with Crippen molar-refractivity contribution in [3.8, 4) is 0 Å². The Hall–Kier alpha value is -2.21. The Morgan fingerprint density at radius 3 is 2.62 bits per heavy atom. The molecule has 1 saturated heterocycles. The van der Waals surface area contributed by atoms with E-state index in [4.69, 9.17) is 0 Å². The van der Waals surface area contributed by atoms with Crippen molar-refractivity contribution in [3.63, 3.8) is 0 Å². The van der Waals surface area contributed by atoms with Gasteiger partial charge >= 0.3 is 6.03 Å². The number of aliphatic hydroxyl groups excluding tert-OH is 1. The number of hydrogen-bond acceptors (Lipinski definition) is 4. The van der Waals surface area contributed by atoms with Crippen molar-refractivity contribution >= 4 is 18.0 Å². The van der Waals surface area contributed by atoms with Crippen LogP contribution in [-0.2, 0) is 4.79 Å². The number of nitrogens with zero attached hydrogens (tertiary/aromatic N) is 2. The first kappa shape index (κ1) is 13.8. The molecule has 110 valence electrons. The van der Waals surface area contributed by atoms with E-state index >= 15 is 0 Å². The third kappa shape index (κ3) is 2.54. The van der Waals surface area contributed by atoms with Crippen molar-refractivity contribution in [2.45, 2.75) is 19.3 Å². The molecule has 0 atom stereocenters. The van der Waals surface area contributed by atoms with Gasteiger partial charge < -0.3 is 10.4 Å². The van der Waals surface area contributed by atoms with Gasteiger partial charge in [-0.1, -0.05) is 6.42 Å². The lowest BCUT2D eigenvalue weighted by atomic mass is 9.69. The standard InChI is InChI=1S/C15H17N3O3/c19-10-15(4-1-5-15)9-18-13(20)12(17-14(18)21)8-11-2-6-16-7-3-11/h2-3,6-8,19H,1,4-5,9-10H2,(H,17,21)/b12-8-. The zero-order valence-electron chi connectivity index (χ0n) is 11.6. The molecule has 3 amide bonds. The first-order valence-electron chi connectivity index (χ1n) is 6.99. The number of nitrogens with one attached hydrogen (secondary N) is 1.